The maximum atomic E-state index is 9.80. The number of rotatable bonds is 2. The minimum atomic E-state index is 0.00917. The molecule has 1 atom stereocenters. The summed E-state index contributed by atoms with van der Waals surface area (Å²) in [4.78, 5) is 0. The predicted molar refractivity (Wildman–Crippen MR) is 56.2 cm³/mol. The smallest absolute Gasteiger partial charge is 0.127 e. The fraction of sp³-hybridized carbons (Fsp3) is 0.455. The lowest BCUT2D eigenvalue weighted by atomic mass is 10.0. The summed E-state index contributed by atoms with van der Waals surface area (Å²) in [6.45, 7) is 2.07. The molecule has 4 nitrogen and oxygen atoms in total. The van der Waals surface area contributed by atoms with Gasteiger partial charge in [0.25, 0.3) is 0 Å². The van der Waals surface area contributed by atoms with Crippen LogP contribution in [-0.2, 0) is 4.74 Å². The van der Waals surface area contributed by atoms with E-state index in [1.165, 1.54) is 0 Å². The Balaban J connectivity index is 2.31. The molecule has 1 heterocycles. The molecular weight excluding hydrogens is 194 g/mol. The van der Waals surface area contributed by atoms with Gasteiger partial charge in [-0.15, -0.1) is 0 Å². The second-order valence-electron chi connectivity index (χ2n) is 3.47. The van der Waals surface area contributed by atoms with E-state index in [4.69, 9.17) is 9.47 Å². The molecule has 2 N–H and O–H groups in total. The average molecular weight is 209 g/mol. The molecule has 2 rings (SSSR count). The highest BCUT2D eigenvalue weighted by Gasteiger charge is 2.22. The Hall–Kier alpha value is -1.26. The van der Waals surface area contributed by atoms with E-state index in [-0.39, 0.29) is 11.8 Å². The molecule has 1 fully saturated rings. The maximum Gasteiger partial charge on any atom is 0.127 e. The number of nitrogens with one attached hydrogen (secondary N) is 1. The van der Waals surface area contributed by atoms with Gasteiger partial charge in [0.05, 0.1) is 31.9 Å². The molecule has 0 amide bonds. The van der Waals surface area contributed by atoms with Crippen LogP contribution in [0, 0.1) is 0 Å². The summed E-state index contributed by atoms with van der Waals surface area (Å²) in [6.07, 6.45) is 0. The van der Waals surface area contributed by atoms with Crippen molar-refractivity contribution in [2.45, 2.75) is 6.04 Å². The third-order valence-electron chi connectivity index (χ3n) is 2.53. The van der Waals surface area contributed by atoms with Gasteiger partial charge >= 0.3 is 0 Å². The van der Waals surface area contributed by atoms with Gasteiger partial charge in [0.15, 0.2) is 0 Å². The van der Waals surface area contributed by atoms with Crippen LogP contribution in [0.5, 0.6) is 11.5 Å². The number of phenolic OH excluding ortho intramolecular Hbond substituents is 1. The van der Waals surface area contributed by atoms with Crippen molar-refractivity contribution in [3.63, 3.8) is 0 Å². The molecule has 0 aliphatic carbocycles. The quantitative estimate of drug-likeness (QED) is 0.764. The van der Waals surface area contributed by atoms with Crippen molar-refractivity contribution in [2.75, 3.05) is 26.9 Å². The molecule has 0 saturated carbocycles. The van der Waals surface area contributed by atoms with Crippen LogP contribution in [0.4, 0.5) is 0 Å². The van der Waals surface area contributed by atoms with E-state index in [1.54, 1.807) is 19.2 Å². The summed E-state index contributed by atoms with van der Waals surface area (Å²) >= 11 is 0. The number of benzene rings is 1. The lowest BCUT2D eigenvalue weighted by molar-refractivity contribution is 0.0752. The lowest BCUT2D eigenvalue weighted by Gasteiger charge is -2.26. The SMILES string of the molecule is COc1cccc(O)c1[C@H]1COCCN1. The normalized spacial score (nSPS) is 21.3. The van der Waals surface area contributed by atoms with E-state index in [2.05, 4.69) is 5.32 Å². The Bertz CT molecular complexity index is 335. The molecule has 1 aliphatic heterocycles. The summed E-state index contributed by atoms with van der Waals surface area (Å²) in [5.41, 5.74) is 0.778. The number of hydrogen-bond donors (Lipinski definition) is 2. The Morgan fingerprint density at radius 1 is 1.53 bits per heavy atom. The number of hydrogen-bond acceptors (Lipinski definition) is 4. The van der Waals surface area contributed by atoms with E-state index in [1.807, 2.05) is 6.07 Å². The summed E-state index contributed by atoms with van der Waals surface area (Å²) < 4.78 is 10.6. The van der Waals surface area contributed by atoms with Crippen molar-refractivity contribution in [3.05, 3.63) is 23.8 Å². The van der Waals surface area contributed by atoms with Gasteiger partial charge in [-0.1, -0.05) is 6.07 Å². The van der Waals surface area contributed by atoms with Crippen LogP contribution < -0.4 is 10.1 Å². The van der Waals surface area contributed by atoms with E-state index in [0.29, 0.717) is 19.0 Å². The van der Waals surface area contributed by atoms with Crippen molar-refractivity contribution in [2.24, 2.45) is 0 Å². The zero-order chi connectivity index (χ0) is 10.7. The van der Waals surface area contributed by atoms with Gasteiger partial charge in [-0.3, -0.25) is 0 Å². The highest BCUT2D eigenvalue weighted by molar-refractivity contribution is 5.46. The fourth-order valence-corrected chi connectivity index (χ4v) is 1.81. The van der Waals surface area contributed by atoms with Crippen LogP contribution in [0.3, 0.4) is 0 Å². The van der Waals surface area contributed by atoms with Gasteiger partial charge < -0.3 is 19.9 Å². The number of phenols is 1. The van der Waals surface area contributed by atoms with E-state index < -0.39 is 0 Å². The highest BCUT2D eigenvalue weighted by Crippen LogP contribution is 2.33. The van der Waals surface area contributed by atoms with Crippen LogP contribution in [-0.4, -0.2) is 32.0 Å². The lowest BCUT2D eigenvalue weighted by Crippen LogP contribution is -2.34. The molecular formula is C11H15NO3. The zero-order valence-electron chi connectivity index (χ0n) is 8.69. The highest BCUT2D eigenvalue weighted by atomic mass is 16.5. The summed E-state index contributed by atoms with van der Waals surface area (Å²) in [5, 5.41) is 13.1. The minimum absolute atomic E-state index is 0.00917. The first kappa shape index (κ1) is 10.3. The molecule has 1 saturated heterocycles. The van der Waals surface area contributed by atoms with Gasteiger partial charge in [0, 0.05) is 6.54 Å². The van der Waals surface area contributed by atoms with Gasteiger partial charge in [0.1, 0.15) is 11.5 Å². The number of aromatic hydroxyl groups is 1. The largest absolute Gasteiger partial charge is 0.507 e. The fourth-order valence-electron chi connectivity index (χ4n) is 1.81. The van der Waals surface area contributed by atoms with Crippen LogP contribution >= 0.6 is 0 Å². The molecule has 82 valence electrons. The number of morpholine rings is 1. The van der Waals surface area contributed by atoms with Gasteiger partial charge in [-0.05, 0) is 12.1 Å². The van der Waals surface area contributed by atoms with Gasteiger partial charge in [0.2, 0.25) is 0 Å². The van der Waals surface area contributed by atoms with E-state index >= 15 is 0 Å². The Morgan fingerprint density at radius 2 is 2.40 bits per heavy atom. The molecule has 0 bridgehead atoms. The molecule has 0 radical (unpaired) electrons. The zero-order valence-corrected chi connectivity index (χ0v) is 8.69. The molecule has 1 aromatic carbocycles. The van der Waals surface area contributed by atoms with Crippen LogP contribution in [0.25, 0.3) is 0 Å². The van der Waals surface area contributed by atoms with E-state index in [0.717, 1.165) is 12.1 Å². The maximum absolute atomic E-state index is 9.80. The second kappa shape index (κ2) is 4.51. The van der Waals surface area contributed by atoms with Crippen molar-refractivity contribution < 1.29 is 14.6 Å². The minimum Gasteiger partial charge on any atom is -0.507 e. The average Bonchev–Trinajstić information content (AvgIpc) is 2.29. The molecule has 15 heavy (non-hydrogen) atoms. The van der Waals surface area contributed by atoms with Crippen LogP contribution in [0.15, 0.2) is 18.2 Å². The van der Waals surface area contributed by atoms with Crippen LogP contribution in [0.2, 0.25) is 0 Å². The molecule has 4 heteroatoms. The van der Waals surface area contributed by atoms with Crippen molar-refractivity contribution in [1.29, 1.82) is 0 Å². The van der Waals surface area contributed by atoms with Gasteiger partial charge in [-0.2, -0.15) is 0 Å². The molecule has 0 unspecified atom stereocenters. The Kier molecular flexibility index (Phi) is 3.08. The van der Waals surface area contributed by atoms with Crippen molar-refractivity contribution in [3.8, 4) is 11.5 Å². The monoisotopic (exact) mass is 209 g/mol. The molecule has 0 spiro atoms. The first-order valence-corrected chi connectivity index (χ1v) is 5.00. The topological polar surface area (TPSA) is 50.7 Å². The standard InChI is InChI=1S/C11H15NO3/c1-14-10-4-2-3-9(13)11(10)8-7-15-6-5-12-8/h2-4,8,12-13H,5-7H2,1H3/t8-/m1/s1. The van der Waals surface area contributed by atoms with Crippen LogP contribution in [0.1, 0.15) is 11.6 Å². The second-order valence-corrected chi connectivity index (χ2v) is 3.47. The first-order valence-electron chi connectivity index (χ1n) is 5.00. The first-order chi connectivity index (χ1) is 7.33. The van der Waals surface area contributed by atoms with Crippen molar-refractivity contribution in [1.82, 2.24) is 5.32 Å². The summed E-state index contributed by atoms with van der Waals surface area (Å²) in [6, 6.07) is 5.27. The van der Waals surface area contributed by atoms with Crippen molar-refractivity contribution >= 4 is 0 Å². The summed E-state index contributed by atoms with van der Waals surface area (Å²) in [5.74, 6) is 0.940. The number of ether oxygens (including phenoxy) is 2. The third-order valence-corrected chi connectivity index (χ3v) is 2.53. The Morgan fingerprint density at radius 3 is 3.07 bits per heavy atom. The predicted octanol–water partition coefficient (Wildman–Crippen LogP) is 1.06. The summed E-state index contributed by atoms with van der Waals surface area (Å²) in [7, 11) is 1.60. The molecule has 0 aromatic heterocycles. The van der Waals surface area contributed by atoms with Gasteiger partial charge in [-0.25, -0.2) is 0 Å². The molecule has 1 aromatic rings. The third kappa shape index (κ3) is 2.06. The molecule has 1 aliphatic rings. The Labute approximate surface area is 88.8 Å². The number of methoxy groups -OCH3 is 1. The van der Waals surface area contributed by atoms with E-state index in [9.17, 15) is 5.11 Å².